The quantitative estimate of drug-likeness (QED) is 0.843. The van der Waals surface area contributed by atoms with E-state index in [1.807, 2.05) is 24.3 Å². The van der Waals surface area contributed by atoms with E-state index < -0.39 is 12.8 Å². The van der Waals surface area contributed by atoms with Gasteiger partial charge in [-0.3, -0.25) is 4.79 Å². The van der Waals surface area contributed by atoms with Crippen molar-refractivity contribution in [2.45, 2.75) is 25.4 Å². The minimum Gasteiger partial charge on any atom is -0.468 e. The molecule has 2 aromatic rings. The summed E-state index contributed by atoms with van der Waals surface area (Å²) in [6.45, 7) is 0.466. The van der Waals surface area contributed by atoms with Crippen LogP contribution < -0.4 is 15.0 Å². The number of ether oxygens (including phenoxy) is 1. The van der Waals surface area contributed by atoms with Crippen molar-refractivity contribution in [3.05, 3.63) is 48.2 Å². The topological polar surface area (TPSA) is 54.5 Å². The van der Waals surface area contributed by atoms with Crippen LogP contribution in [0.2, 0.25) is 0 Å². The Morgan fingerprint density at radius 3 is 2.52 bits per heavy atom. The van der Waals surface area contributed by atoms with Crippen molar-refractivity contribution in [2.24, 2.45) is 0 Å². The van der Waals surface area contributed by atoms with Crippen LogP contribution in [0.1, 0.15) is 29.6 Å². The first-order chi connectivity index (χ1) is 12.9. The molecule has 1 fully saturated rings. The third-order valence-corrected chi connectivity index (χ3v) is 4.23. The predicted molar refractivity (Wildman–Crippen MR) is 96.2 cm³/mol. The number of rotatable bonds is 5. The average molecular weight is 379 g/mol. The number of alkyl halides is 3. The molecule has 2 heterocycles. The second-order valence-corrected chi connectivity index (χ2v) is 6.31. The van der Waals surface area contributed by atoms with Gasteiger partial charge in [-0.15, -0.1) is 0 Å². The molecule has 144 valence electrons. The maximum atomic E-state index is 12.5. The molecule has 0 bridgehead atoms. The first-order valence-corrected chi connectivity index (χ1v) is 8.73. The van der Waals surface area contributed by atoms with Crippen LogP contribution in [-0.2, 0) is 0 Å². The summed E-state index contributed by atoms with van der Waals surface area (Å²) in [4.78, 5) is 18.5. The van der Waals surface area contributed by atoms with Gasteiger partial charge in [-0.2, -0.15) is 13.2 Å². The Morgan fingerprint density at radius 1 is 1.11 bits per heavy atom. The zero-order valence-corrected chi connectivity index (χ0v) is 14.6. The lowest BCUT2D eigenvalue weighted by atomic mass is 10.1. The molecule has 1 aliphatic heterocycles. The average Bonchev–Trinajstić information content (AvgIpc) is 2.67. The molecule has 1 aliphatic rings. The molecule has 8 heteroatoms. The SMILES string of the molecule is O=C(Nc1ccccc1N1CCCCC1)c1ccc(OCC(F)(F)F)nc1. The molecule has 1 aromatic carbocycles. The molecule has 0 spiro atoms. The van der Waals surface area contributed by atoms with Crippen LogP contribution in [-0.4, -0.2) is 36.8 Å². The second-order valence-electron chi connectivity index (χ2n) is 6.31. The summed E-state index contributed by atoms with van der Waals surface area (Å²) in [5, 5.41) is 2.86. The van der Waals surface area contributed by atoms with Gasteiger partial charge < -0.3 is 15.0 Å². The number of benzene rings is 1. The first kappa shape index (κ1) is 19.0. The summed E-state index contributed by atoms with van der Waals surface area (Å²) in [5.41, 5.74) is 1.90. The van der Waals surface area contributed by atoms with Crippen LogP contribution >= 0.6 is 0 Å². The molecule has 27 heavy (non-hydrogen) atoms. The number of amides is 1. The fourth-order valence-corrected chi connectivity index (χ4v) is 2.94. The van der Waals surface area contributed by atoms with Gasteiger partial charge in [-0.25, -0.2) is 4.98 Å². The number of carbonyl (C=O) groups excluding carboxylic acids is 1. The standard InChI is InChI=1S/C19H20F3N3O2/c20-19(21,22)13-27-17-9-8-14(12-23-17)18(26)24-15-6-2-3-7-16(15)25-10-4-1-5-11-25/h2-3,6-9,12H,1,4-5,10-11,13H2,(H,24,26). The molecule has 1 amide bonds. The Kier molecular flexibility index (Phi) is 5.83. The minimum absolute atomic E-state index is 0.183. The molecule has 1 saturated heterocycles. The van der Waals surface area contributed by atoms with Crippen molar-refractivity contribution in [1.82, 2.24) is 4.98 Å². The maximum absolute atomic E-state index is 12.5. The lowest BCUT2D eigenvalue weighted by molar-refractivity contribution is -0.154. The van der Waals surface area contributed by atoms with Gasteiger partial charge in [0.1, 0.15) is 0 Å². The number of anilines is 2. The third-order valence-electron chi connectivity index (χ3n) is 4.23. The van der Waals surface area contributed by atoms with E-state index >= 15 is 0 Å². The number of nitrogens with zero attached hydrogens (tertiary/aromatic N) is 2. The van der Waals surface area contributed by atoms with Gasteiger partial charge in [0.05, 0.1) is 16.9 Å². The van der Waals surface area contributed by atoms with Gasteiger partial charge in [-0.1, -0.05) is 12.1 Å². The van der Waals surface area contributed by atoms with Gasteiger partial charge in [0.25, 0.3) is 5.91 Å². The lowest BCUT2D eigenvalue weighted by Crippen LogP contribution is -2.30. The van der Waals surface area contributed by atoms with Gasteiger partial charge in [0.2, 0.25) is 5.88 Å². The van der Waals surface area contributed by atoms with Crippen molar-refractivity contribution in [3.63, 3.8) is 0 Å². The normalized spacial score (nSPS) is 14.7. The van der Waals surface area contributed by atoms with Crippen molar-refractivity contribution >= 4 is 17.3 Å². The van der Waals surface area contributed by atoms with Crippen LogP contribution in [0, 0.1) is 0 Å². The number of para-hydroxylation sites is 2. The van der Waals surface area contributed by atoms with E-state index in [9.17, 15) is 18.0 Å². The molecule has 0 aliphatic carbocycles. The van der Waals surface area contributed by atoms with Crippen LogP contribution in [0.4, 0.5) is 24.5 Å². The van der Waals surface area contributed by atoms with Crippen molar-refractivity contribution in [2.75, 3.05) is 29.9 Å². The van der Waals surface area contributed by atoms with E-state index in [0.717, 1.165) is 31.6 Å². The van der Waals surface area contributed by atoms with Gasteiger partial charge >= 0.3 is 6.18 Å². The lowest BCUT2D eigenvalue weighted by Gasteiger charge is -2.30. The Morgan fingerprint density at radius 2 is 1.85 bits per heavy atom. The molecule has 0 saturated carbocycles. The fourth-order valence-electron chi connectivity index (χ4n) is 2.94. The highest BCUT2D eigenvalue weighted by Gasteiger charge is 2.28. The molecular weight excluding hydrogens is 359 g/mol. The van der Waals surface area contributed by atoms with Crippen LogP contribution in [0.5, 0.6) is 5.88 Å². The maximum Gasteiger partial charge on any atom is 0.422 e. The molecule has 3 rings (SSSR count). The molecule has 0 unspecified atom stereocenters. The van der Waals surface area contributed by atoms with E-state index in [0.29, 0.717) is 5.69 Å². The highest BCUT2D eigenvalue weighted by Crippen LogP contribution is 2.28. The van der Waals surface area contributed by atoms with Crippen LogP contribution in [0.3, 0.4) is 0 Å². The summed E-state index contributed by atoms with van der Waals surface area (Å²) < 4.78 is 41.0. The van der Waals surface area contributed by atoms with E-state index in [1.54, 1.807) is 0 Å². The van der Waals surface area contributed by atoms with Crippen molar-refractivity contribution < 1.29 is 22.7 Å². The molecule has 0 radical (unpaired) electrons. The second kappa shape index (κ2) is 8.28. The summed E-state index contributed by atoms with van der Waals surface area (Å²) in [6, 6.07) is 10.2. The smallest absolute Gasteiger partial charge is 0.422 e. The van der Waals surface area contributed by atoms with E-state index in [4.69, 9.17) is 0 Å². The number of carbonyl (C=O) groups is 1. The molecule has 1 aromatic heterocycles. The third kappa shape index (κ3) is 5.35. The number of hydrogen-bond donors (Lipinski definition) is 1. The number of aromatic nitrogens is 1. The zero-order chi connectivity index (χ0) is 19.3. The van der Waals surface area contributed by atoms with E-state index in [1.165, 1.54) is 24.8 Å². The molecule has 0 atom stereocenters. The number of pyridine rings is 1. The Balaban J connectivity index is 1.67. The van der Waals surface area contributed by atoms with Gasteiger partial charge in [0.15, 0.2) is 6.61 Å². The number of nitrogens with one attached hydrogen (secondary N) is 1. The zero-order valence-electron chi connectivity index (χ0n) is 14.6. The van der Waals surface area contributed by atoms with Crippen LogP contribution in [0.25, 0.3) is 0 Å². The first-order valence-electron chi connectivity index (χ1n) is 8.73. The Bertz CT molecular complexity index is 773. The Hall–Kier alpha value is -2.77. The fraction of sp³-hybridized carbons (Fsp3) is 0.368. The number of halogens is 3. The molecular formula is C19H20F3N3O2. The predicted octanol–water partition coefficient (Wildman–Crippen LogP) is 4.27. The number of piperidine rings is 1. The van der Waals surface area contributed by atoms with Gasteiger partial charge in [0, 0.05) is 25.4 Å². The minimum atomic E-state index is -4.43. The van der Waals surface area contributed by atoms with E-state index in [2.05, 4.69) is 19.9 Å². The summed E-state index contributed by atoms with van der Waals surface area (Å²) in [5.74, 6) is -0.563. The summed E-state index contributed by atoms with van der Waals surface area (Å²) in [6.07, 6.45) is 0.205. The number of hydrogen-bond acceptors (Lipinski definition) is 4. The van der Waals surface area contributed by atoms with E-state index in [-0.39, 0.29) is 17.4 Å². The van der Waals surface area contributed by atoms with Gasteiger partial charge in [-0.05, 0) is 37.5 Å². The van der Waals surface area contributed by atoms with Crippen molar-refractivity contribution in [3.8, 4) is 5.88 Å². The highest BCUT2D eigenvalue weighted by molar-refractivity contribution is 6.05. The Labute approximate surface area is 155 Å². The summed E-state index contributed by atoms with van der Waals surface area (Å²) in [7, 11) is 0. The summed E-state index contributed by atoms with van der Waals surface area (Å²) >= 11 is 0. The highest BCUT2D eigenvalue weighted by atomic mass is 19.4. The van der Waals surface area contributed by atoms with Crippen molar-refractivity contribution in [1.29, 1.82) is 0 Å². The molecule has 5 nitrogen and oxygen atoms in total. The van der Waals surface area contributed by atoms with Crippen LogP contribution in [0.15, 0.2) is 42.6 Å². The molecule has 1 N–H and O–H groups in total. The largest absolute Gasteiger partial charge is 0.468 e. The monoisotopic (exact) mass is 379 g/mol.